The first-order chi connectivity index (χ1) is 22.0. The zero-order valence-corrected chi connectivity index (χ0v) is 27.7. The van der Waals surface area contributed by atoms with E-state index in [1.54, 1.807) is 12.1 Å². The summed E-state index contributed by atoms with van der Waals surface area (Å²) in [5, 5.41) is 11.4. The standard InChI is InChI=1S/C36H53NO8/c1-5-9-20-40-26-32-33(41-21-10-6-2)34(42-22-11-7-3)35(43-23-12-8-4)36(45-32)19-18-29-24-28(16-17-31(29)44-36)27-14-13-15-30(25-27)37(38)39/h13-17,24-25,32-35H,5-12,18-23,26H2,1-4H3/t32-,33-,34+,35+,36+/m1/s1. The van der Waals surface area contributed by atoms with Gasteiger partial charge >= 0.3 is 0 Å². The largest absolute Gasteiger partial charge is 0.459 e. The summed E-state index contributed by atoms with van der Waals surface area (Å²) in [6.07, 6.45) is 7.55. The summed E-state index contributed by atoms with van der Waals surface area (Å²) in [7, 11) is 0. The fourth-order valence-electron chi connectivity index (χ4n) is 5.97. The molecule has 45 heavy (non-hydrogen) atoms. The van der Waals surface area contributed by atoms with E-state index in [1.165, 1.54) is 6.07 Å². The number of fused-ring (bicyclic) bond motifs is 1. The van der Waals surface area contributed by atoms with Crippen molar-refractivity contribution in [2.45, 2.75) is 122 Å². The first-order valence-corrected chi connectivity index (χ1v) is 17.1. The highest BCUT2D eigenvalue weighted by atomic mass is 16.7. The zero-order valence-electron chi connectivity index (χ0n) is 27.7. The van der Waals surface area contributed by atoms with Crippen LogP contribution in [0.3, 0.4) is 0 Å². The Labute approximate surface area is 269 Å². The molecule has 0 N–H and O–H groups in total. The molecule has 250 valence electrons. The van der Waals surface area contributed by atoms with Crippen molar-refractivity contribution in [1.29, 1.82) is 0 Å². The average molecular weight is 628 g/mol. The van der Waals surface area contributed by atoms with Crippen LogP contribution in [0.15, 0.2) is 42.5 Å². The number of unbranched alkanes of at least 4 members (excludes halogenated alkanes) is 4. The van der Waals surface area contributed by atoms with E-state index < -0.39 is 11.9 Å². The third-order valence-corrected chi connectivity index (χ3v) is 8.59. The van der Waals surface area contributed by atoms with Gasteiger partial charge in [0.1, 0.15) is 24.1 Å². The lowest BCUT2D eigenvalue weighted by atomic mass is 9.85. The number of nitro groups is 1. The van der Waals surface area contributed by atoms with E-state index >= 15 is 0 Å². The quantitative estimate of drug-likeness (QED) is 0.0877. The molecule has 2 heterocycles. The minimum absolute atomic E-state index is 0.0696. The first-order valence-electron chi connectivity index (χ1n) is 17.1. The van der Waals surface area contributed by atoms with Gasteiger partial charge in [-0.25, -0.2) is 0 Å². The van der Waals surface area contributed by atoms with Crippen molar-refractivity contribution in [3.8, 4) is 16.9 Å². The Bertz CT molecular complexity index is 1190. The number of aryl methyl sites for hydroxylation is 1. The molecule has 2 aromatic carbocycles. The van der Waals surface area contributed by atoms with Crippen LogP contribution in [-0.4, -0.2) is 68.2 Å². The SMILES string of the molecule is CCCCOC[C@H]1O[C@@]2(CCc3cc(-c4cccc([N+](=O)[O-])c4)ccc3O2)[C@@H](OCCCC)[C@@H](OCCCC)[C@@H]1OCCCC. The minimum atomic E-state index is -1.08. The molecule has 0 saturated carbocycles. The number of hydrogen-bond donors (Lipinski definition) is 0. The van der Waals surface area contributed by atoms with Gasteiger partial charge in [-0.15, -0.1) is 0 Å². The molecule has 0 radical (unpaired) electrons. The maximum Gasteiger partial charge on any atom is 0.270 e. The minimum Gasteiger partial charge on any atom is -0.459 e. The molecule has 0 aromatic heterocycles. The second-order valence-corrected chi connectivity index (χ2v) is 12.2. The highest BCUT2D eigenvalue weighted by Gasteiger charge is 2.59. The third kappa shape index (κ3) is 9.26. The summed E-state index contributed by atoms with van der Waals surface area (Å²) in [5.41, 5.74) is 2.80. The van der Waals surface area contributed by atoms with Crippen molar-refractivity contribution in [3.05, 3.63) is 58.1 Å². The lowest BCUT2D eigenvalue weighted by molar-refractivity contribution is -0.384. The van der Waals surface area contributed by atoms with Gasteiger partial charge in [-0.1, -0.05) is 71.6 Å². The van der Waals surface area contributed by atoms with Crippen molar-refractivity contribution in [1.82, 2.24) is 0 Å². The van der Waals surface area contributed by atoms with Crippen LogP contribution in [0, 0.1) is 10.1 Å². The van der Waals surface area contributed by atoms with Crippen LogP contribution < -0.4 is 4.74 Å². The van der Waals surface area contributed by atoms with Gasteiger partial charge in [-0.05, 0) is 60.9 Å². The second-order valence-electron chi connectivity index (χ2n) is 12.2. The molecular formula is C36H53NO8. The van der Waals surface area contributed by atoms with Gasteiger partial charge in [-0.2, -0.15) is 0 Å². The van der Waals surface area contributed by atoms with E-state index in [9.17, 15) is 10.1 Å². The average Bonchev–Trinajstić information content (AvgIpc) is 3.05. The predicted molar refractivity (Wildman–Crippen MR) is 175 cm³/mol. The molecule has 2 aliphatic rings. The highest BCUT2D eigenvalue weighted by Crippen LogP contribution is 2.45. The Morgan fingerprint density at radius 2 is 1.47 bits per heavy atom. The molecule has 0 bridgehead atoms. The van der Waals surface area contributed by atoms with E-state index in [4.69, 9.17) is 28.4 Å². The maximum absolute atomic E-state index is 11.4. The van der Waals surface area contributed by atoms with Gasteiger partial charge in [0.05, 0.1) is 11.5 Å². The van der Waals surface area contributed by atoms with Crippen molar-refractivity contribution < 1.29 is 33.3 Å². The molecule has 4 rings (SSSR count). The van der Waals surface area contributed by atoms with Gasteiger partial charge in [-0.3, -0.25) is 10.1 Å². The Morgan fingerprint density at radius 3 is 2.16 bits per heavy atom. The molecule has 5 atom stereocenters. The topological polar surface area (TPSA) is 98.5 Å². The third-order valence-electron chi connectivity index (χ3n) is 8.59. The van der Waals surface area contributed by atoms with Crippen LogP contribution >= 0.6 is 0 Å². The second kappa shape index (κ2) is 18.0. The summed E-state index contributed by atoms with van der Waals surface area (Å²) in [4.78, 5) is 11.0. The van der Waals surface area contributed by atoms with Crippen molar-refractivity contribution in [3.63, 3.8) is 0 Å². The van der Waals surface area contributed by atoms with Crippen molar-refractivity contribution >= 4 is 5.69 Å². The molecular weight excluding hydrogens is 574 g/mol. The van der Waals surface area contributed by atoms with Crippen molar-refractivity contribution in [2.75, 3.05) is 33.0 Å². The van der Waals surface area contributed by atoms with Gasteiger partial charge in [0, 0.05) is 45.0 Å². The Balaban J connectivity index is 1.68. The van der Waals surface area contributed by atoms with E-state index in [1.807, 2.05) is 18.2 Å². The van der Waals surface area contributed by atoms with Crippen LogP contribution in [0.2, 0.25) is 0 Å². The van der Waals surface area contributed by atoms with Crippen LogP contribution in [0.25, 0.3) is 11.1 Å². The number of hydrogen-bond acceptors (Lipinski definition) is 8. The lowest BCUT2D eigenvalue weighted by Gasteiger charge is -2.53. The van der Waals surface area contributed by atoms with E-state index in [0.29, 0.717) is 45.9 Å². The Kier molecular flexibility index (Phi) is 14.1. The number of benzene rings is 2. The number of nitrogens with zero attached hydrogens (tertiary/aromatic N) is 1. The van der Waals surface area contributed by atoms with Crippen LogP contribution in [-0.2, 0) is 30.1 Å². The van der Waals surface area contributed by atoms with E-state index in [2.05, 4.69) is 33.8 Å². The Hall–Kier alpha value is -2.56. The fourth-order valence-corrected chi connectivity index (χ4v) is 5.97. The normalized spacial score (nSPS) is 24.4. The van der Waals surface area contributed by atoms with Crippen molar-refractivity contribution in [2.24, 2.45) is 0 Å². The van der Waals surface area contributed by atoms with Crippen LogP contribution in [0.1, 0.15) is 91.0 Å². The van der Waals surface area contributed by atoms with E-state index in [-0.39, 0.29) is 28.9 Å². The molecule has 0 amide bonds. The molecule has 1 spiro atoms. The molecule has 2 aliphatic heterocycles. The van der Waals surface area contributed by atoms with Gasteiger partial charge < -0.3 is 28.4 Å². The summed E-state index contributed by atoms with van der Waals surface area (Å²) in [5.74, 6) is -0.350. The van der Waals surface area contributed by atoms with Gasteiger partial charge in [0.25, 0.3) is 5.69 Å². The molecule has 2 aromatic rings. The first kappa shape index (κ1) is 35.3. The predicted octanol–water partition coefficient (Wildman–Crippen LogP) is 8.05. The molecule has 1 saturated heterocycles. The molecule has 9 nitrogen and oxygen atoms in total. The number of non-ortho nitro benzene ring substituents is 1. The zero-order chi connectivity index (χ0) is 32.1. The number of ether oxygens (including phenoxy) is 6. The lowest BCUT2D eigenvalue weighted by Crippen LogP contribution is -2.70. The summed E-state index contributed by atoms with van der Waals surface area (Å²) >= 11 is 0. The smallest absolute Gasteiger partial charge is 0.270 e. The number of nitro benzene ring substituents is 1. The summed E-state index contributed by atoms with van der Waals surface area (Å²) in [6, 6.07) is 12.7. The van der Waals surface area contributed by atoms with Crippen LogP contribution in [0.4, 0.5) is 5.69 Å². The van der Waals surface area contributed by atoms with E-state index in [0.717, 1.165) is 73.8 Å². The molecule has 0 unspecified atom stereocenters. The maximum atomic E-state index is 11.4. The fraction of sp³-hybridized carbons (Fsp3) is 0.667. The van der Waals surface area contributed by atoms with Gasteiger partial charge in [0.15, 0.2) is 6.10 Å². The molecule has 1 fully saturated rings. The highest BCUT2D eigenvalue weighted by molar-refractivity contribution is 5.68. The number of rotatable bonds is 19. The monoisotopic (exact) mass is 627 g/mol. The molecule has 0 aliphatic carbocycles. The summed E-state index contributed by atoms with van der Waals surface area (Å²) < 4.78 is 39.9. The van der Waals surface area contributed by atoms with Crippen LogP contribution in [0.5, 0.6) is 5.75 Å². The Morgan fingerprint density at radius 1 is 0.822 bits per heavy atom. The molecule has 9 heteroatoms. The van der Waals surface area contributed by atoms with Gasteiger partial charge in [0.2, 0.25) is 5.79 Å². The summed E-state index contributed by atoms with van der Waals surface area (Å²) in [6.45, 7) is 11.5.